The molecule has 1 aliphatic heterocycles. The lowest BCUT2D eigenvalue weighted by atomic mass is 10.2. The van der Waals surface area contributed by atoms with Gasteiger partial charge in [-0.15, -0.1) is 0 Å². The number of hydrogen-bond acceptors (Lipinski definition) is 6. The van der Waals surface area contributed by atoms with Crippen LogP contribution in [0.5, 0.6) is 0 Å². The minimum absolute atomic E-state index is 0.403. The van der Waals surface area contributed by atoms with Gasteiger partial charge in [-0.1, -0.05) is 17.8 Å². The summed E-state index contributed by atoms with van der Waals surface area (Å²) in [5.74, 6) is 0.240. The Morgan fingerprint density at radius 2 is 2.05 bits per heavy atom. The summed E-state index contributed by atoms with van der Waals surface area (Å²) < 4.78 is 30.6. The summed E-state index contributed by atoms with van der Waals surface area (Å²) in [4.78, 5) is 9.30. The molecular formula is C11H9N3O3S2. The van der Waals surface area contributed by atoms with Gasteiger partial charge in [0.15, 0.2) is 5.82 Å². The van der Waals surface area contributed by atoms with E-state index in [0.717, 1.165) is 15.6 Å². The highest BCUT2D eigenvalue weighted by Gasteiger charge is 2.18. The van der Waals surface area contributed by atoms with Crippen molar-refractivity contribution >= 4 is 33.4 Å². The van der Waals surface area contributed by atoms with E-state index in [1.807, 2.05) is 0 Å². The Bertz CT molecular complexity index is 747. The third-order valence-electron chi connectivity index (χ3n) is 2.52. The zero-order chi connectivity index (χ0) is 13.5. The van der Waals surface area contributed by atoms with Gasteiger partial charge in [-0.25, -0.2) is 9.97 Å². The third-order valence-corrected chi connectivity index (χ3v) is 4.28. The molecule has 98 valence electrons. The SMILES string of the molecule is O=S(=O)(O)Cc1ccc2c(c1)Nc1nccnc1S2. The number of nitrogens with zero attached hydrogens (tertiary/aromatic N) is 2. The molecule has 6 nitrogen and oxygen atoms in total. The number of anilines is 2. The van der Waals surface area contributed by atoms with Crippen molar-refractivity contribution in [1.29, 1.82) is 0 Å². The van der Waals surface area contributed by atoms with E-state index >= 15 is 0 Å². The van der Waals surface area contributed by atoms with Crippen LogP contribution in [0, 0.1) is 0 Å². The van der Waals surface area contributed by atoms with Gasteiger partial charge < -0.3 is 5.32 Å². The van der Waals surface area contributed by atoms with Gasteiger partial charge in [0.2, 0.25) is 0 Å². The van der Waals surface area contributed by atoms with Gasteiger partial charge in [-0.3, -0.25) is 4.55 Å². The van der Waals surface area contributed by atoms with E-state index < -0.39 is 15.9 Å². The van der Waals surface area contributed by atoms with Crippen LogP contribution in [0.2, 0.25) is 0 Å². The Hall–Kier alpha value is -1.64. The van der Waals surface area contributed by atoms with Crippen LogP contribution < -0.4 is 5.32 Å². The van der Waals surface area contributed by atoms with E-state index in [4.69, 9.17) is 4.55 Å². The van der Waals surface area contributed by atoms with Crippen LogP contribution in [0.1, 0.15) is 5.56 Å². The van der Waals surface area contributed by atoms with E-state index in [2.05, 4.69) is 15.3 Å². The lowest BCUT2D eigenvalue weighted by Gasteiger charge is -2.19. The number of benzene rings is 1. The lowest BCUT2D eigenvalue weighted by Crippen LogP contribution is -2.06. The van der Waals surface area contributed by atoms with Gasteiger partial charge in [0.05, 0.1) is 5.69 Å². The van der Waals surface area contributed by atoms with Gasteiger partial charge in [-0.05, 0) is 17.7 Å². The van der Waals surface area contributed by atoms with Crippen molar-refractivity contribution in [1.82, 2.24) is 9.97 Å². The second kappa shape index (κ2) is 4.48. The number of aromatic nitrogens is 2. The predicted molar refractivity (Wildman–Crippen MR) is 71.1 cm³/mol. The summed E-state index contributed by atoms with van der Waals surface area (Å²) in [7, 11) is -4.03. The first-order valence-corrected chi connectivity index (χ1v) is 7.78. The molecule has 1 aromatic carbocycles. The number of nitrogens with one attached hydrogen (secondary N) is 1. The Morgan fingerprint density at radius 1 is 1.26 bits per heavy atom. The van der Waals surface area contributed by atoms with E-state index in [0.29, 0.717) is 11.4 Å². The highest BCUT2D eigenvalue weighted by atomic mass is 32.2. The van der Waals surface area contributed by atoms with Crippen LogP contribution in [-0.4, -0.2) is 22.9 Å². The lowest BCUT2D eigenvalue weighted by molar-refractivity contribution is 0.482. The topological polar surface area (TPSA) is 92.2 Å². The van der Waals surface area contributed by atoms with Crippen LogP contribution >= 0.6 is 11.8 Å². The normalized spacial score (nSPS) is 13.3. The molecule has 2 heterocycles. The fourth-order valence-electron chi connectivity index (χ4n) is 1.78. The summed E-state index contributed by atoms with van der Waals surface area (Å²) in [6, 6.07) is 5.15. The van der Waals surface area contributed by atoms with Crippen LogP contribution in [-0.2, 0) is 15.9 Å². The summed E-state index contributed by atoms with van der Waals surface area (Å²) in [5.41, 5.74) is 1.28. The molecule has 19 heavy (non-hydrogen) atoms. The molecule has 2 N–H and O–H groups in total. The highest BCUT2D eigenvalue weighted by Crippen LogP contribution is 2.42. The fourth-order valence-corrected chi connectivity index (χ4v) is 3.26. The molecule has 2 aromatic rings. The molecular weight excluding hydrogens is 286 g/mol. The average molecular weight is 295 g/mol. The maximum Gasteiger partial charge on any atom is 0.269 e. The van der Waals surface area contributed by atoms with Crippen molar-refractivity contribution in [3.05, 3.63) is 36.2 Å². The van der Waals surface area contributed by atoms with E-state index in [9.17, 15) is 8.42 Å². The van der Waals surface area contributed by atoms with Gasteiger partial charge in [0, 0.05) is 17.3 Å². The monoisotopic (exact) mass is 295 g/mol. The largest absolute Gasteiger partial charge is 0.337 e. The summed E-state index contributed by atoms with van der Waals surface area (Å²) >= 11 is 1.46. The molecule has 0 spiro atoms. The van der Waals surface area contributed by atoms with E-state index in [1.54, 1.807) is 30.6 Å². The number of hydrogen-bond donors (Lipinski definition) is 2. The van der Waals surface area contributed by atoms with E-state index in [-0.39, 0.29) is 0 Å². The van der Waals surface area contributed by atoms with Crippen molar-refractivity contribution in [3.8, 4) is 0 Å². The summed E-state index contributed by atoms with van der Waals surface area (Å²) in [6.45, 7) is 0. The van der Waals surface area contributed by atoms with Crippen molar-refractivity contribution in [2.45, 2.75) is 15.7 Å². The van der Waals surface area contributed by atoms with Gasteiger partial charge >= 0.3 is 0 Å². The van der Waals surface area contributed by atoms with Gasteiger partial charge in [0.25, 0.3) is 10.1 Å². The zero-order valence-corrected chi connectivity index (χ0v) is 11.2. The first-order chi connectivity index (χ1) is 9.01. The Morgan fingerprint density at radius 3 is 2.84 bits per heavy atom. The molecule has 0 atom stereocenters. The number of fused-ring (bicyclic) bond motifs is 2. The quantitative estimate of drug-likeness (QED) is 0.699. The van der Waals surface area contributed by atoms with Crippen molar-refractivity contribution < 1.29 is 13.0 Å². The maximum absolute atomic E-state index is 10.9. The minimum Gasteiger partial charge on any atom is -0.337 e. The van der Waals surface area contributed by atoms with E-state index in [1.165, 1.54) is 11.8 Å². The standard InChI is InChI=1S/C11H9N3O3S2/c15-19(16,17)6-7-1-2-9-8(5-7)14-10-11(18-9)13-4-3-12-10/h1-5H,6H2,(H,12,14)(H,15,16,17). The molecule has 0 bridgehead atoms. The Labute approximate surface area is 114 Å². The Balaban J connectivity index is 1.96. The van der Waals surface area contributed by atoms with Crippen LogP contribution in [0.4, 0.5) is 11.5 Å². The molecule has 8 heteroatoms. The predicted octanol–water partition coefficient (Wildman–Crippen LogP) is 2.07. The fraction of sp³-hybridized carbons (Fsp3) is 0.0909. The molecule has 0 saturated heterocycles. The molecule has 0 radical (unpaired) electrons. The number of rotatable bonds is 2. The highest BCUT2D eigenvalue weighted by molar-refractivity contribution is 7.99. The summed E-state index contributed by atoms with van der Waals surface area (Å²) in [6.07, 6.45) is 3.20. The molecule has 1 aromatic heterocycles. The molecule has 0 saturated carbocycles. The van der Waals surface area contributed by atoms with Crippen molar-refractivity contribution in [3.63, 3.8) is 0 Å². The van der Waals surface area contributed by atoms with Crippen LogP contribution in [0.15, 0.2) is 40.5 Å². The second-order valence-corrected chi connectivity index (χ2v) is 6.48. The van der Waals surface area contributed by atoms with Crippen LogP contribution in [0.3, 0.4) is 0 Å². The van der Waals surface area contributed by atoms with Gasteiger partial charge in [0.1, 0.15) is 10.8 Å². The van der Waals surface area contributed by atoms with Crippen molar-refractivity contribution in [2.24, 2.45) is 0 Å². The molecule has 0 unspecified atom stereocenters. The molecule has 0 amide bonds. The smallest absolute Gasteiger partial charge is 0.269 e. The Kier molecular flexibility index (Phi) is 2.92. The zero-order valence-electron chi connectivity index (χ0n) is 9.57. The molecule has 0 aliphatic carbocycles. The summed E-state index contributed by atoms with van der Waals surface area (Å²) in [5, 5.41) is 3.87. The molecule has 3 rings (SSSR count). The minimum atomic E-state index is -4.03. The first-order valence-electron chi connectivity index (χ1n) is 5.35. The second-order valence-electron chi connectivity index (χ2n) is 3.99. The van der Waals surface area contributed by atoms with Crippen LogP contribution in [0.25, 0.3) is 0 Å². The molecule has 0 fully saturated rings. The molecule has 1 aliphatic rings. The van der Waals surface area contributed by atoms with Crippen molar-refractivity contribution in [2.75, 3.05) is 5.32 Å². The first kappa shape index (κ1) is 12.4. The maximum atomic E-state index is 10.9. The third kappa shape index (κ3) is 2.70. The van der Waals surface area contributed by atoms with Gasteiger partial charge in [-0.2, -0.15) is 8.42 Å². The average Bonchev–Trinajstić information content (AvgIpc) is 2.34.